The van der Waals surface area contributed by atoms with Gasteiger partial charge in [-0.05, 0) is 42.0 Å². The number of carbonyl (C=O) groups is 1. The minimum absolute atomic E-state index is 0.114. The predicted molar refractivity (Wildman–Crippen MR) is 121 cm³/mol. The molecule has 1 amide bonds. The lowest BCUT2D eigenvalue weighted by atomic mass is 10.2. The number of rotatable bonds is 6. The molecule has 5 nitrogen and oxygen atoms in total. The van der Waals surface area contributed by atoms with Crippen LogP contribution in [0, 0.1) is 0 Å². The van der Waals surface area contributed by atoms with Crippen molar-refractivity contribution in [1.29, 1.82) is 0 Å². The number of benzene rings is 3. The van der Waals surface area contributed by atoms with Crippen molar-refractivity contribution in [1.82, 2.24) is 4.90 Å². The van der Waals surface area contributed by atoms with E-state index in [1.807, 2.05) is 65.6 Å². The molecule has 0 unspecified atom stereocenters. The first kappa shape index (κ1) is 20.0. The second kappa shape index (κ2) is 9.46. The molecule has 154 valence electrons. The molecule has 3 aromatic rings. The van der Waals surface area contributed by atoms with Gasteiger partial charge in [-0.1, -0.05) is 48.5 Å². The Kier molecular flexibility index (Phi) is 6.30. The van der Waals surface area contributed by atoms with Crippen molar-refractivity contribution >= 4 is 17.3 Å². The summed E-state index contributed by atoms with van der Waals surface area (Å²) in [6, 6.07) is 27.3. The number of anilines is 2. The van der Waals surface area contributed by atoms with Gasteiger partial charge in [-0.25, -0.2) is 0 Å². The fourth-order valence-electron chi connectivity index (χ4n) is 3.80. The van der Waals surface area contributed by atoms with Crippen LogP contribution in [-0.4, -0.2) is 48.6 Å². The quantitative estimate of drug-likeness (QED) is 0.683. The summed E-state index contributed by atoms with van der Waals surface area (Å²) in [7, 11) is 0. The van der Waals surface area contributed by atoms with Crippen LogP contribution in [0.4, 0.5) is 11.4 Å². The van der Waals surface area contributed by atoms with Crippen LogP contribution >= 0.6 is 0 Å². The van der Waals surface area contributed by atoms with Crippen LogP contribution < -0.4 is 9.80 Å². The first-order chi connectivity index (χ1) is 14.7. The van der Waals surface area contributed by atoms with Gasteiger partial charge in [0, 0.05) is 37.6 Å². The highest BCUT2D eigenvalue weighted by atomic mass is 16.3. The van der Waals surface area contributed by atoms with Crippen LogP contribution in [0.5, 0.6) is 5.75 Å². The van der Waals surface area contributed by atoms with E-state index in [1.165, 1.54) is 0 Å². The van der Waals surface area contributed by atoms with Crippen LogP contribution in [0.25, 0.3) is 0 Å². The molecule has 1 aliphatic rings. The minimum atomic E-state index is 0.114. The highest BCUT2D eigenvalue weighted by Gasteiger charge is 2.23. The average molecular weight is 402 g/mol. The standard InChI is InChI=1S/C25H27N3O2/c29-24-13-11-22(12-14-24)27-17-15-26(16-18-27)20-25(30)28(23-9-5-2-6-10-23)19-21-7-3-1-4-8-21/h1-14,29H,15-20H2. The normalized spacial score (nSPS) is 14.5. The lowest BCUT2D eigenvalue weighted by Crippen LogP contribution is -2.50. The molecule has 0 aliphatic carbocycles. The third-order valence-corrected chi connectivity index (χ3v) is 5.50. The van der Waals surface area contributed by atoms with E-state index in [-0.39, 0.29) is 11.7 Å². The van der Waals surface area contributed by atoms with Crippen LogP contribution in [-0.2, 0) is 11.3 Å². The predicted octanol–water partition coefficient (Wildman–Crippen LogP) is 3.75. The highest BCUT2D eigenvalue weighted by molar-refractivity contribution is 5.94. The summed E-state index contributed by atoms with van der Waals surface area (Å²) < 4.78 is 0. The Bertz CT molecular complexity index is 937. The molecule has 0 aromatic heterocycles. The number of phenolic OH excluding ortho intramolecular Hbond substituents is 1. The summed E-state index contributed by atoms with van der Waals surface area (Å²) in [6.45, 7) is 4.37. The zero-order chi connectivity index (χ0) is 20.8. The van der Waals surface area contributed by atoms with E-state index in [0.717, 1.165) is 43.1 Å². The molecular weight excluding hydrogens is 374 g/mol. The molecule has 1 saturated heterocycles. The molecule has 1 heterocycles. The number of hydrogen-bond donors (Lipinski definition) is 1. The summed E-state index contributed by atoms with van der Waals surface area (Å²) in [5.74, 6) is 0.394. The minimum Gasteiger partial charge on any atom is -0.508 e. The second-order valence-corrected chi connectivity index (χ2v) is 7.58. The van der Waals surface area contributed by atoms with Crippen molar-refractivity contribution in [3.8, 4) is 5.75 Å². The Labute approximate surface area is 177 Å². The fourth-order valence-corrected chi connectivity index (χ4v) is 3.80. The van der Waals surface area contributed by atoms with Crippen molar-refractivity contribution < 1.29 is 9.90 Å². The van der Waals surface area contributed by atoms with Gasteiger partial charge in [0.05, 0.1) is 13.1 Å². The Morgan fingerprint density at radius 1 is 0.800 bits per heavy atom. The number of para-hydroxylation sites is 1. The van der Waals surface area contributed by atoms with Crippen molar-refractivity contribution in [2.24, 2.45) is 0 Å². The van der Waals surface area contributed by atoms with E-state index in [1.54, 1.807) is 12.1 Å². The van der Waals surface area contributed by atoms with E-state index in [0.29, 0.717) is 13.1 Å². The maximum absolute atomic E-state index is 13.2. The van der Waals surface area contributed by atoms with Crippen LogP contribution in [0.3, 0.4) is 0 Å². The van der Waals surface area contributed by atoms with E-state index in [9.17, 15) is 9.90 Å². The molecule has 30 heavy (non-hydrogen) atoms. The third kappa shape index (κ3) is 4.99. The van der Waals surface area contributed by atoms with Crippen molar-refractivity contribution in [2.45, 2.75) is 6.54 Å². The Morgan fingerprint density at radius 2 is 1.40 bits per heavy atom. The third-order valence-electron chi connectivity index (χ3n) is 5.50. The molecule has 4 rings (SSSR count). The Hall–Kier alpha value is -3.31. The smallest absolute Gasteiger partial charge is 0.241 e. The van der Waals surface area contributed by atoms with Gasteiger partial charge in [-0.2, -0.15) is 0 Å². The van der Waals surface area contributed by atoms with Gasteiger partial charge in [-0.15, -0.1) is 0 Å². The average Bonchev–Trinajstić information content (AvgIpc) is 2.80. The molecule has 0 atom stereocenters. The van der Waals surface area contributed by atoms with E-state index in [4.69, 9.17) is 0 Å². The van der Waals surface area contributed by atoms with Gasteiger partial charge in [0.15, 0.2) is 0 Å². The molecule has 5 heteroatoms. The van der Waals surface area contributed by atoms with Crippen LogP contribution in [0.2, 0.25) is 0 Å². The second-order valence-electron chi connectivity index (χ2n) is 7.58. The Morgan fingerprint density at radius 3 is 2.03 bits per heavy atom. The fraction of sp³-hybridized carbons (Fsp3) is 0.240. The number of phenols is 1. The van der Waals surface area contributed by atoms with Crippen molar-refractivity contribution in [3.63, 3.8) is 0 Å². The molecule has 0 spiro atoms. The molecule has 3 aromatic carbocycles. The van der Waals surface area contributed by atoms with E-state index < -0.39 is 0 Å². The maximum atomic E-state index is 13.2. The monoisotopic (exact) mass is 401 g/mol. The van der Waals surface area contributed by atoms with Crippen molar-refractivity contribution in [3.05, 3.63) is 90.5 Å². The molecule has 1 N–H and O–H groups in total. The van der Waals surface area contributed by atoms with E-state index in [2.05, 4.69) is 21.9 Å². The lowest BCUT2D eigenvalue weighted by Gasteiger charge is -2.36. The topological polar surface area (TPSA) is 47.0 Å². The number of carbonyl (C=O) groups excluding carboxylic acids is 1. The zero-order valence-electron chi connectivity index (χ0n) is 17.0. The molecule has 0 bridgehead atoms. The summed E-state index contributed by atoms with van der Waals surface area (Å²) in [4.78, 5) is 19.6. The largest absolute Gasteiger partial charge is 0.508 e. The van der Waals surface area contributed by atoms with E-state index >= 15 is 0 Å². The number of aromatic hydroxyl groups is 1. The van der Waals surface area contributed by atoms with Gasteiger partial charge < -0.3 is 14.9 Å². The Balaban J connectivity index is 1.40. The van der Waals surface area contributed by atoms with Gasteiger partial charge >= 0.3 is 0 Å². The number of amides is 1. The van der Waals surface area contributed by atoms with Crippen LogP contribution in [0.15, 0.2) is 84.9 Å². The number of nitrogens with zero attached hydrogens (tertiary/aromatic N) is 3. The van der Waals surface area contributed by atoms with Gasteiger partial charge in [0.1, 0.15) is 5.75 Å². The molecule has 0 radical (unpaired) electrons. The number of hydrogen-bond acceptors (Lipinski definition) is 4. The first-order valence-corrected chi connectivity index (χ1v) is 10.3. The molecular formula is C25H27N3O2. The summed E-state index contributed by atoms with van der Waals surface area (Å²) >= 11 is 0. The lowest BCUT2D eigenvalue weighted by molar-refractivity contribution is -0.120. The SMILES string of the molecule is O=C(CN1CCN(c2ccc(O)cc2)CC1)N(Cc1ccccc1)c1ccccc1. The van der Waals surface area contributed by atoms with Gasteiger partial charge in [-0.3, -0.25) is 9.69 Å². The molecule has 0 saturated carbocycles. The van der Waals surface area contributed by atoms with Crippen LogP contribution in [0.1, 0.15) is 5.56 Å². The first-order valence-electron chi connectivity index (χ1n) is 10.3. The highest BCUT2D eigenvalue weighted by Crippen LogP contribution is 2.21. The van der Waals surface area contributed by atoms with Gasteiger partial charge in [0.25, 0.3) is 0 Å². The summed E-state index contributed by atoms with van der Waals surface area (Å²) in [5.41, 5.74) is 3.15. The molecule has 1 fully saturated rings. The molecule has 1 aliphatic heterocycles. The number of piperazine rings is 1. The summed E-state index contributed by atoms with van der Waals surface area (Å²) in [6.07, 6.45) is 0. The van der Waals surface area contributed by atoms with Crippen molar-refractivity contribution in [2.75, 3.05) is 42.5 Å². The zero-order valence-corrected chi connectivity index (χ0v) is 17.0. The van der Waals surface area contributed by atoms with Gasteiger partial charge in [0.2, 0.25) is 5.91 Å². The summed E-state index contributed by atoms with van der Waals surface area (Å²) in [5, 5.41) is 9.48. The maximum Gasteiger partial charge on any atom is 0.241 e.